The molecule has 0 aliphatic carbocycles. The lowest BCUT2D eigenvalue weighted by Crippen LogP contribution is -2.38. The van der Waals surface area contributed by atoms with E-state index in [-0.39, 0.29) is 11.7 Å². The molecule has 1 heterocycles. The minimum Gasteiger partial charge on any atom is -0.489 e. The standard InChI is InChI=1S/C18H19FN2O2/c19-16-4-1-3-15(11-16)13-23-17-8-6-14(7-9-17)12-20-21-10-2-5-18(21)22/h1,3-4,6-9,11,20H,2,5,10,12-13H2. The number of nitrogens with zero attached hydrogens (tertiary/aromatic N) is 1. The number of hydrogen-bond donors (Lipinski definition) is 1. The van der Waals surface area contributed by atoms with Crippen molar-refractivity contribution in [2.75, 3.05) is 6.54 Å². The van der Waals surface area contributed by atoms with Gasteiger partial charge >= 0.3 is 0 Å². The van der Waals surface area contributed by atoms with Crippen LogP contribution in [0.5, 0.6) is 5.75 Å². The van der Waals surface area contributed by atoms with Crippen LogP contribution >= 0.6 is 0 Å². The minimum atomic E-state index is -0.260. The summed E-state index contributed by atoms with van der Waals surface area (Å²) in [6, 6.07) is 14.0. The number of carbonyl (C=O) groups excluding carboxylic acids is 1. The van der Waals surface area contributed by atoms with Crippen molar-refractivity contribution >= 4 is 5.91 Å². The molecule has 120 valence electrons. The van der Waals surface area contributed by atoms with E-state index in [1.165, 1.54) is 12.1 Å². The topological polar surface area (TPSA) is 41.6 Å². The molecule has 0 saturated carbocycles. The van der Waals surface area contributed by atoms with Gasteiger partial charge in [-0.25, -0.2) is 9.82 Å². The first kappa shape index (κ1) is 15.5. The Labute approximate surface area is 134 Å². The molecule has 0 atom stereocenters. The summed E-state index contributed by atoms with van der Waals surface area (Å²) in [6.07, 6.45) is 1.54. The number of halogens is 1. The van der Waals surface area contributed by atoms with E-state index in [0.29, 0.717) is 19.6 Å². The second kappa shape index (κ2) is 7.24. The number of ether oxygens (including phenoxy) is 1. The van der Waals surface area contributed by atoms with Crippen LogP contribution in [0.4, 0.5) is 4.39 Å². The van der Waals surface area contributed by atoms with E-state index >= 15 is 0 Å². The molecule has 1 aliphatic rings. The van der Waals surface area contributed by atoms with Crippen molar-refractivity contribution in [3.8, 4) is 5.75 Å². The maximum absolute atomic E-state index is 13.1. The van der Waals surface area contributed by atoms with Gasteiger partial charge in [0.25, 0.3) is 0 Å². The molecule has 0 unspecified atom stereocenters. The van der Waals surface area contributed by atoms with Crippen LogP contribution < -0.4 is 10.2 Å². The maximum Gasteiger partial charge on any atom is 0.236 e. The number of nitrogens with one attached hydrogen (secondary N) is 1. The molecule has 0 radical (unpaired) electrons. The Kier molecular flexibility index (Phi) is 4.88. The molecule has 1 fully saturated rings. The first-order valence-electron chi connectivity index (χ1n) is 7.71. The highest BCUT2D eigenvalue weighted by Gasteiger charge is 2.19. The Balaban J connectivity index is 1.49. The molecule has 3 rings (SSSR count). The highest BCUT2D eigenvalue weighted by Crippen LogP contribution is 2.15. The summed E-state index contributed by atoms with van der Waals surface area (Å²) in [5, 5.41) is 1.67. The third-order valence-corrected chi connectivity index (χ3v) is 3.77. The largest absolute Gasteiger partial charge is 0.489 e. The quantitative estimate of drug-likeness (QED) is 0.891. The first-order valence-corrected chi connectivity index (χ1v) is 7.71. The number of benzene rings is 2. The van der Waals surface area contributed by atoms with Gasteiger partial charge in [-0.2, -0.15) is 0 Å². The minimum absolute atomic E-state index is 0.153. The van der Waals surface area contributed by atoms with E-state index in [1.807, 2.05) is 30.3 Å². The molecule has 1 N–H and O–H groups in total. The van der Waals surface area contributed by atoms with Crippen LogP contribution in [0.1, 0.15) is 24.0 Å². The Morgan fingerprint density at radius 2 is 1.96 bits per heavy atom. The van der Waals surface area contributed by atoms with Crippen LogP contribution in [0, 0.1) is 5.82 Å². The van der Waals surface area contributed by atoms with Gasteiger partial charge in [-0.3, -0.25) is 9.80 Å². The monoisotopic (exact) mass is 314 g/mol. The average Bonchev–Trinajstić information content (AvgIpc) is 2.97. The molecule has 2 aromatic rings. The number of carbonyl (C=O) groups is 1. The van der Waals surface area contributed by atoms with Crippen molar-refractivity contribution in [2.24, 2.45) is 0 Å². The fourth-order valence-corrected chi connectivity index (χ4v) is 2.50. The van der Waals surface area contributed by atoms with Crippen molar-refractivity contribution in [2.45, 2.75) is 26.0 Å². The number of hydrazine groups is 1. The molecular weight excluding hydrogens is 295 g/mol. The Morgan fingerprint density at radius 1 is 1.13 bits per heavy atom. The second-order valence-corrected chi connectivity index (χ2v) is 5.55. The predicted octanol–water partition coefficient (Wildman–Crippen LogP) is 3.03. The molecule has 0 aromatic heterocycles. The Hall–Kier alpha value is -2.40. The lowest BCUT2D eigenvalue weighted by atomic mass is 10.2. The zero-order valence-corrected chi connectivity index (χ0v) is 12.8. The van der Waals surface area contributed by atoms with Gasteiger partial charge in [0, 0.05) is 19.5 Å². The average molecular weight is 314 g/mol. The fraction of sp³-hybridized carbons (Fsp3) is 0.278. The van der Waals surface area contributed by atoms with Crippen molar-refractivity contribution in [1.82, 2.24) is 10.4 Å². The summed E-state index contributed by atoms with van der Waals surface area (Å²) >= 11 is 0. The van der Waals surface area contributed by atoms with Gasteiger partial charge < -0.3 is 4.74 Å². The lowest BCUT2D eigenvalue weighted by molar-refractivity contribution is -0.130. The molecule has 1 saturated heterocycles. The molecule has 2 aromatic carbocycles. The SMILES string of the molecule is O=C1CCCN1NCc1ccc(OCc2cccc(F)c2)cc1. The third-order valence-electron chi connectivity index (χ3n) is 3.77. The van der Waals surface area contributed by atoms with Crippen molar-refractivity contribution in [3.63, 3.8) is 0 Å². The van der Waals surface area contributed by atoms with Crippen molar-refractivity contribution in [1.29, 1.82) is 0 Å². The Bertz CT molecular complexity index is 673. The number of amides is 1. The van der Waals surface area contributed by atoms with Gasteiger partial charge in [0.15, 0.2) is 0 Å². The van der Waals surface area contributed by atoms with E-state index in [9.17, 15) is 9.18 Å². The van der Waals surface area contributed by atoms with E-state index in [1.54, 1.807) is 11.1 Å². The Morgan fingerprint density at radius 3 is 2.65 bits per heavy atom. The third kappa shape index (κ3) is 4.29. The van der Waals surface area contributed by atoms with E-state index in [4.69, 9.17) is 4.74 Å². The highest BCUT2D eigenvalue weighted by atomic mass is 19.1. The summed E-state index contributed by atoms with van der Waals surface area (Å²) < 4.78 is 18.7. The normalized spacial score (nSPS) is 14.3. The van der Waals surface area contributed by atoms with Gasteiger partial charge in [-0.1, -0.05) is 24.3 Å². The molecule has 1 amide bonds. The van der Waals surface area contributed by atoms with Crippen LogP contribution in [0.2, 0.25) is 0 Å². The molecule has 23 heavy (non-hydrogen) atoms. The van der Waals surface area contributed by atoms with Gasteiger partial charge in [0.05, 0.1) is 0 Å². The zero-order valence-electron chi connectivity index (χ0n) is 12.8. The van der Waals surface area contributed by atoms with Crippen LogP contribution in [-0.4, -0.2) is 17.5 Å². The number of rotatable bonds is 6. The van der Waals surface area contributed by atoms with E-state index in [2.05, 4.69) is 5.43 Å². The van der Waals surface area contributed by atoms with Crippen molar-refractivity contribution < 1.29 is 13.9 Å². The van der Waals surface area contributed by atoms with E-state index < -0.39 is 0 Å². The van der Waals surface area contributed by atoms with Crippen LogP contribution in [0.25, 0.3) is 0 Å². The van der Waals surface area contributed by atoms with Gasteiger partial charge in [0.2, 0.25) is 5.91 Å². The predicted molar refractivity (Wildman–Crippen MR) is 85.0 cm³/mol. The second-order valence-electron chi connectivity index (χ2n) is 5.55. The van der Waals surface area contributed by atoms with Crippen LogP contribution in [0.3, 0.4) is 0 Å². The lowest BCUT2D eigenvalue weighted by Gasteiger charge is -2.17. The molecule has 0 spiro atoms. The number of hydrogen-bond acceptors (Lipinski definition) is 3. The summed E-state index contributed by atoms with van der Waals surface area (Å²) in [7, 11) is 0. The van der Waals surface area contributed by atoms with Crippen LogP contribution in [0.15, 0.2) is 48.5 Å². The van der Waals surface area contributed by atoms with Gasteiger partial charge in [-0.05, 0) is 41.8 Å². The van der Waals surface area contributed by atoms with Crippen molar-refractivity contribution in [3.05, 3.63) is 65.5 Å². The molecule has 5 heteroatoms. The summed E-state index contributed by atoms with van der Waals surface area (Å²) in [5.74, 6) is 0.624. The molecule has 1 aliphatic heterocycles. The molecule has 0 bridgehead atoms. The maximum atomic E-state index is 13.1. The van der Waals surface area contributed by atoms with Gasteiger partial charge in [-0.15, -0.1) is 0 Å². The zero-order chi connectivity index (χ0) is 16.1. The van der Waals surface area contributed by atoms with Crippen LogP contribution in [-0.2, 0) is 17.9 Å². The highest BCUT2D eigenvalue weighted by molar-refractivity contribution is 5.77. The first-order chi connectivity index (χ1) is 11.2. The molecule has 4 nitrogen and oxygen atoms in total. The summed E-state index contributed by atoms with van der Waals surface area (Å²) in [4.78, 5) is 11.5. The van der Waals surface area contributed by atoms with Gasteiger partial charge in [0.1, 0.15) is 18.2 Å². The fourth-order valence-electron chi connectivity index (χ4n) is 2.50. The summed E-state index contributed by atoms with van der Waals surface area (Å²) in [6.45, 7) is 1.71. The smallest absolute Gasteiger partial charge is 0.236 e. The molecular formula is C18H19FN2O2. The summed E-state index contributed by atoms with van der Waals surface area (Å²) in [5.41, 5.74) is 5.00. The van der Waals surface area contributed by atoms with E-state index in [0.717, 1.165) is 29.8 Å².